The fourth-order valence-electron chi connectivity index (χ4n) is 7.84. The summed E-state index contributed by atoms with van der Waals surface area (Å²) in [4.78, 5) is 66.7. The summed E-state index contributed by atoms with van der Waals surface area (Å²) in [7, 11) is -8.20. The number of aliphatic hydroxyl groups excluding tert-OH is 1. The summed E-state index contributed by atoms with van der Waals surface area (Å²) in [5.74, 6) is -0.639. The van der Waals surface area contributed by atoms with Crippen molar-refractivity contribution in [3.63, 3.8) is 0 Å². The number of hydrogen-bond acceptors (Lipinski definition) is 10. The van der Waals surface area contributed by atoms with Gasteiger partial charge in [-0.3, -0.25) is 34.9 Å². The van der Waals surface area contributed by atoms with Crippen LogP contribution < -0.4 is 24.2 Å². The van der Waals surface area contributed by atoms with E-state index in [0.717, 1.165) is 11.1 Å². The molecule has 3 unspecified atom stereocenters. The molecule has 21 heteroatoms. The molecule has 0 aliphatic carbocycles. The Bertz CT molecular complexity index is 2740. The van der Waals surface area contributed by atoms with E-state index in [1.54, 1.807) is 83.8 Å². The topological polar surface area (TPSA) is 218 Å². The normalized spacial score (nSPS) is 18.1. The first-order valence-corrected chi connectivity index (χ1v) is 25.8. The van der Waals surface area contributed by atoms with Gasteiger partial charge in [0.05, 0.1) is 11.4 Å². The molecule has 2 aliphatic heterocycles. The van der Waals surface area contributed by atoms with Crippen molar-refractivity contribution in [2.45, 2.75) is 30.2 Å². The van der Waals surface area contributed by atoms with Crippen molar-refractivity contribution in [2.24, 2.45) is 0 Å². The first-order chi connectivity index (χ1) is 30.0. The summed E-state index contributed by atoms with van der Waals surface area (Å²) in [6.45, 7) is 2.51. The van der Waals surface area contributed by atoms with Gasteiger partial charge in [-0.15, -0.1) is 23.2 Å². The number of carbonyl (C=O) groups excluding carboxylic acids is 2. The van der Waals surface area contributed by atoms with E-state index in [4.69, 9.17) is 41.9 Å². The van der Waals surface area contributed by atoms with E-state index < -0.39 is 33.9 Å². The highest BCUT2D eigenvalue weighted by molar-refractivity contribution is 8.20. The number of amides is 2. The predicted octanol–water partition coefficient (Wildman–Crippen LogP) is 7.98. The lowest BCUT2D eigenvalue weighted by atomic mass is 9.95. The second-order valence-corrected chi connectivity index (χ2v) is 19.7. The Morgan fingerprint density at radius 2 is 1.48 bits per heavy atom. The summed E-state index contributed by atoms with van der Waals surface area (Å²) in [6.07, 6.45) is 3.99. The highest BCUT2D eigenvalue weighted by Crippen LogP contribution is 2.51. The maximum absolute atomic E-state index is 13.9. The van der Waals surface area contributed by atoms with Gasteiger partial charge < -0.3 is 33.6 Å². The van der Waals surface area contributed by atoms with Crippen LogP contribution in [0.2, 0.25) is 0 Å². The van der Waals surface area contributed by atoms with Crippen LogP contribution in [0.15, 0.2) is 91.0 Å². The van der Waals surface area contributed by atoms with Crippen LogP contribution in [-0.2, 0) is 18.7 Å². The summed E-state index contributed by atoms with van der Waals surface area (Å²) >= 11 is 15.4. The van der Waals surface area contributed by atoms with Gasteiger partial charge in [-0.25, -0.2) is 9.36 Å². The summed E-state index contributed by atoms with van der Waals surface area (Å²) in [6, 6.07) is 22.0. The lowest BCUT2D eigenvalue weighted by molar-refractivity contribution is -0.114. The van der Waals surface area contributed by atoms with Crippen molar-refractivity contribution in [3.8, 4) is 11.5 Å². The van der Waals surface area contributed by atoms with Crippen LogP contribution in [0.1, 0.15) is 41.0 Å². The Balaban J connectivity index is 1.19. The maximum atomic E-state index is 13.9. The van der Waals surface area contributed by atoms with Crippen LogP contribution in [0.4, 0.5) is 21.9 Å². The van der Waals surface area contributed by atoms with Gasteiger partial charge in [0.1, 0.15) is 24.3 Å². The molecule has 2 amide bonds. The smallest absolute Gasteiger partial charge is 0.448 e. The van der Waals surface area contributed by atoms with Crippen molar-refractivity contribution in [2.75, 3.05) is 46.6 Å². The number of anilines is 3. The van der Waals surface area contributed by atoms with E-state index in [9.17, 15) is 38.5 Å². The molecule has 2 heterocycles. The van der Waals surface area contributed by atoms with E-state index in [0.29, 0.717) is 49.7 Å². The molecule has 5 aromatic carbocycles. The van der Waals surface area contributed by atoms with Gasteiger partial charge in [0.25, 0.3) is 5.91 Å². The monoisotopic (exact) mass is 970 g/mol. The van der Waals surface area contributed by atoms with Gasteiger partial charge in [-0.1, -0.05) is 73.7 Å². The maximum Gasteiger partial charge on any atom is 0.690 e. The fraction of sp³-hybridized carbons (Fsp3) is 0.238. The average molecular weight is 972 g/mol. The molecule has 7 N–H and O–H groups in total. The van der Waals surface area contributed by atoms with Gasteiger partial charge in [-0.2, -0.15) is 4.57 Å². The SMILES string of the molecule is CC(COC(=O)Nc1cc(/C=C/C(=O)N2C[C@@H](CCl)c3c2cc(OP(=O)(O)[OH2+])c2ccccc32)ccc1/C=C/C(O)N1C[C@@H](CCl)c2c1cc(OP(=O)(O)O)c1ccccc21)[S][Al]. The van der Waals surface area contributed by atoms with Crippen molar-refractivity contribution < 1.29 is 57.2 Å². The van der Waals surface area contributed by atoms with Gasteiger partial charge in [0, 0.05) is 76.6 Å². The van der Waals surface area contributed by atoms with Crippen LogP contribution in [0, 0.1) is 0 Å². The number of benzene rings is 5. The molecule has 63 heavy (non-hydrogen) atoms. The van der Waals surface area contributed by atoms with Crippen LogP contribution in [0.25, 0.3) is 33.7 Å². The molecule has 0 aromatic heterocycles. The van der Waals surface area contributed by atoms with Gasteiger partial charge in [0.2, 0.25) is 15.2 Å². The lowest BCUT2D eigenvalue weighted by Crippen LogP contribution is -2.32. The number of aliphatic hydroxyl groups is 1. The molecule has 0 saturated heterocycles. The molecule has 0 bridgehead atoms. The number of hydrogen-bond donors (Lipinski definition) is 5. The third-order valence-electron chi connectivity index (χ3n) is 10.5. The minimum atomic E-state index is -4.94. The second-order valence-electron chi connectivity index (χ2n) is 14.8. The molecule has 2 radical (unpaired) electrons. The Hall–Kier alpha value is -4.04. The van der Waals surface area contributed by atoms with E-state index in [2.05, 4.69) is 20.5 Å². The number of phosphoric acid groups is 1. The van der Waals surface area contributed by atoms with Crippen molar-refractivity contribution in [1.82, 2.24) is 0 Å². The Kier molecular flexibility index (Phi) is 14.6. The number of rotatable bonds is 15. The molecular weight excluding hydrogens is 930 g/mol. The first kappa shape index (κ1) is 46.9. The second kappa shape index (κ2) is 19.6. The standard InChI is InChI=1S/C42H41Cl2N3O12P2S.Al/c1-24(62)23-57-42(50)45-33-16-25(11-14-38(48)46-21-27(19-43)40-31-8-4-2-6-29(31)36(17-34(40)46)58-60(51,52)53)10-12-26(33)13-15-39(49)47-22-28(20-44)41-32-9-5-3-7-30(32)37(18-35(41)47)59-61(54,55)56;/h2-18,24,27-28,39,49,62H,19-23H2,1H3,(H,45,50)(H2,51,52,53)(H2,54,55,56);/q;+1/b14-11+,15-13+;/t24?,27-,28-,39?;/m1./s1. The zero-order chi connectivity index (χ0) is 45.2. The number of halogens is 2. The Morgan fingerprint density at radius 3 is 2.08 bits per heavy atom. The molecule has 328 valence electrons. The first-order valence-electron chi connectivity index (χ1n) is 19.3. The molecule has 5 aromatic rings. The number of carbonyl (C=O) groups is 2. The molecule has 2 aliphatic rings. The largest absolute Gasteiger partial charge is 0.690 e. The molecule has 0 saturated carbocycles. The number of ether oxygens (including phenoxy) is 1. The van der Waals surface area contributed by atoms with Crippen molar-refractivity contribution in [3.05, 3.63) is 113 Å². The number of nitrogens with zero attached hydrogens (tertiary/aromatic N) is 2. The molecular formula is C42H41AlCl2N3O12P2S+. The number of phosphoric ester groups is 1. The predicted molar refractivity (Wildman–Crippen MR) is 250 cm³/mol. The quantitative estimate of drug-likeness (QED) is 0.0221. The third-order valence-corrected chi connectivity index (χ3v) is 14.2. The molecule has 7 rings (SSSR count). The van der Waals surface area contributed by atoms with E-state index >= 15 is 0 Å². The van der Waals surface area contributed by atoms with Crippen molar-refractivity contribution >= 4 is 127 Å². The Morgan fingerprint density at radius 1 is 0.889 bits per heavy atom. The average Bonchev–Trinajstić information content (AvgIpc) is 3.82. The van der Waals surface area contributed by atoms with Gasteiger partial charge in [-0.05, 0) is 51.2 Å². The number of nitrogens with one attached hydrogen (secondary N) is 1. The summed E-state index contributed by atoms with van der Waals surface area (Å²) in [5.41, 5.74) is 3.74. The molecule has 15 nitrogen and oxygen atoms in total. The van der Waals surface area contributed by atoms with Crippen LogP contribution in [-0.4, -0.2) is 94.8 Å². The van der Waals surface area contributed by atoms with Gasteiger partial charge >= 0.3 is 21.7 Å². The van der Waals surface area contributed by atoms with E-state index in [1.807, 2.05) is 6.92 Å². The molecule has 0 spiro atoms. The fourth-order valence-corrected chi connectivity index (χ4v) is 9.55. The minimum Gasteiger partial charge on any atom is -0.448 e. The van der Waals surface area contributed by atoms with Crippen molar-refractivity contribution in [1.29, 1.82) is 0 Å². The van der Waals surface area contributed by atoms with Crippen LogP contribution >= 0.6 is 49.0 Å². The highest BCUT2D eigenvalue weighted by atomic mass is 35.5. The Labute approximate surface area is 383 Å². The lowest BCUT2D eigenvalue weighted by Gasteiger charge is -2.25. The highest BCUT2D eigenvalue weighted by Gasteiger charge is 2.37. The zero-order valence-corrected chi connectivity index (χ0v) is 38.6. The van der Waals surface area contributed by atoms with E-state index in [1.165, 1.54) is 39.3 Å². The molecule has 0 fully saturated rings. The van der Waals surface area contributed by atoms with Gasteiger partial charge in [0.15, 0.2) is 0 Å². The minimum absolute atomic E-state index is 0.00436. The van der Waals surface area contributed by atoms with Crippen LogP contribution in [0.3, 0.4) is 0 Å². The third kappa shape index (κ3) is 10.7. The van der Waals surface area contributed by atoms with Crippen LogP contribution in [0.5, 0.6) is 11.5 Å². The van der Waals surface area contributed by atoms with E-state index in [-0.39, 0.29) is 60.0 Å². The summed E-state index contributed by atoms with van der Waals surface area (Å²) in [5, 5.41) is 16.7. The number of fused-ring (bicyclic) bond motifs is 6. The number of alkyl halides is 2. The summed E-state index contributed by atoms with van der Waals surface area (Å²) < 4.78 is 39.6. The zero-order valence-electron chi connectivity index (χ0n) is 33.3. The molecule has 5 atom stereocenters.